The van der Waals surface area contributed by atoms with E-state index in [1.807, 2.05) is 6.92 Å². The standard InChI is InChI=1S/C22H37N5O3/c1-4-5-10-26-20(23)19(21(29)24-22(26)30)27(17-8-6-7-9-17)18(28)14-25-12-15(2)11-16(3)13-25/h15-17H,4-14,23H2,1-3H3,(H,24,29,30)/p+1/t15-,16-/m0/s1. The summed E-state index contributed by atoms with van der Waals surface area (Å²) in [6.07, 6.45) is 6.67. The topological polar surface area (TPSA) is 106 Å². The van der Waals surface area contributed by atoms with E-state index in [0.717, 1.165) is 51.6 Å². The summed E-state index contributed by atoms with van der Waals surface area (Å²) in [5.41, 5.74) is 5.46. The first kappa shape index (κ1) is 22.6. The van der Waals surface area contributed by atoms with E-state index in [1.54, 1.807) is 4.90 Å². The van der Waals surface area contributed by atoms with Gasteiger partial charge in [-0.1, -0.05) is 40.0 Å². The molecular weight excluding hydrogens is 382 g/mol. The molecule has 30 heavy (non-hydrogen) atoms. The van der Waals surface area contributed by atoms with E-state index >= 15 is 0 Å². The van der Waals surface area contributed by atoms with Crippen molar-refractivity contribution < 1.29 is 9.69 Å². The normalized spacial score (nSPS) is 24.8. The zero-order chi connectivity index (χ0) is 21.8. The molecular formula is C22H38N5O3+. The Balaban J connectivity index is 1.95. The Hall–Kier alpha value is -2.09. The number of H-pyrrole nitrogens is 1. The smallest absolute Gasteiger partial charge is 0.330 e. The van der Waals surface area contributed by atoms with Crippen LogP contribution in [0.4, 0.5) is 11.5 Å². The zero-order valence-corrected chi connectivity index (χ0v) is 18.7. The molecule has 0 spiro atoms. The van der Waals surface area contributed by atoms with Gasteiger partial charge < -0.3 is 10.6 Å². The summed E-state index contributed by atoms with van der Waals surface area (Å²) < 4.78 is 1.41. The molecule has 3 rings (SSSR count). The van der Waals surface area contributed by atoms with Crippen molar-refractivity contribution in [1.82, 2.24) is 9.55 Å². The quantitative estimate of drug-likeness (QED) is 0.605. The second kappa shape index (κ2) is 9.81. The molecule has 2 heterocycles. The number of amides is 1. The van der Waals surface area contributed by atoms with Gasteiger partial charge in [-0.15, -0.1) is 0 Å². The van der Waals surface area contributed by atoms with Crippen molar-refractivity contribution in [1.29, 1.82) is 0 Å². The Morgan fingerprint density at radius 3 is 2.43 bits per heavy atom. The molecule has 0 aromatic carbocycles. The number of nitrogens with two attached hydrogens (primary N) is 1. The van der Waals surface area contributed by atoms with E-state index in [-0.39, 0.29) is 23.5 Å². The largest absolute Gasteiger partial charge is 0.383 e. The van der Waals surface area contributed by atoms with Crippen LogP contribution in [0.5, 0.6) is 0 Å². The van der Waals surface area contributed by atoms with Crippen LogP contribution in [0, 0.1) is 11.8 Å². The highest BCUT2D eigenvalue weighted by Gasteiger charge is 2.35. The molecule has 1 aliphatic carbocycles. The molecule has 1 saturated carbocycles. The highest BCUT2D eigenvalue weighted by Crippen LogP contribution is 2.29. The van der Waals surface area contributed by atoms with E-state index in [1.165, 1.54) is 15.9 Å². The van der Waals surface area contributed by atoms with Crippen molar-refractivity contribution in [3.05, 3.63) is 20.8 Å². The fourth-order valence-electron chi connectivity index (χ4n) is 5.39. The Morgan fingerprint density at radius 1 is 1.20 bits per heavy atom. The number of rotatable bonds is 7. The van der Waals surface area contributed by atoms with Crippen LogP contribution in [-0.2, 0) is 11.3 Å². The van der Waals surface area contributed by atoms with Gasteiger partial charge in [-0.25, -0.2) is 4.79 Å². The SMILES string of the molecule is CCCCn1c(N)c(N(C(=O)C[NH+]2C[C@@H](C)C[C@H](C)C2)C2CCCC2)c(=O)[nH]c1=O. The van der Waals surface area contributed by atoms with Crippen LogP contribution in [0.3, 0.4) is 0 Å². The van der Waals surface area contributed by atoms with Crippen LogP contribution in [-0.4, -0.2) is 41.1 Å². The maximum absolute atomic E-state index is 13.5. The molecule has 1 aliphatic heterocycles. The molecule has 1 amide bonds. The Bertz CT molecular complexity index is 845. The highest BCUT2D eigenvalue weighted by atomic mass is 16.2. The van der Waals surface area contributed by atoms with E-state index in [9.17, 15) is 14.4 Å². The molecule has 0 unspecified atom stereocenters. The summed E-state index contributed by atoms with van der Waals surface area (Å²) in [6, 6.07) is -0.0305. The lowest BCUT2D eigenvalue weighted by atomic mass is 9.92. The van der Waals surface area contributed by atoms with Gasteiger partial charge in [0, 0.05) is 24.4 Å². The number of carbonyl (C=O) groups excluding carboxylic acids is 1. The van der Waals surface area contributed by atoms with E-state index in [2.05, 4.69) is 18.8 Å². The maximum Gasteiger partial charge on any atom is 0.330 e. The summed E-state index contributed by atoms with van der Waals surface area (Å²) >= 11 is 0. The second-order valence-electron chi connectivity index (χ2n) is 9.48. The van der Waals surface area contributed by atoms with E-state index < -0.39 is 11.2 Å². The molecule has 8 nitrogen and oxygen atoms in total. The molecule has 0 radical (unpaired) electrons. The van der Waals surface area contributed by atoms with Gasteiger partial charge >= 0.3 is 5.69 Å². The van der Waals surface area contributed by atoms with E-state index in [4.69, 9.17) is 5.73 Å². The van der Waals surface area contributed by atoms with Gasteiger partial charge in [0.05, 0.1) is 13.1 Å². The third-order valence-electron chi connectivity index (χ3n) is 6.63. The maximum atomic E-state index is 13.5. The van der Waals surface area contributed by atoms with Gasteiger partial charge in [-0.3, -0.25) is 24.0 Å². The van der Waals surface area contributed by atoms with Gasteiger partial charge in [0.2, 0.25) is 0 Å². The zero-order valence-electron chi connectivity index (χ0n) is 18.7. The van der Waals surface area contributed by atoms with Crippen LogP contribution >= 0.6 is 0 Å². The number of nitrogen functional groups attached to an aromatic ring is 1. The first-order valence-electron chi connectivity index (χ1n) is 11.6. The van der Waals surface area contributed by atoms with Gasteiger partial charge in [0.1, 0.15) is 5.82 Å². The molecule has 168 valence electrons. The number of hydrogen-bond donors (Lipinski definition) is 3. The number of carbonyl (C=O) groups is 1. The summed E-state index contributed by atoms with van der Waals surface area (Å²) in [5.74, 6) is 1.23. The lowest BCUT2D eigenvalue weighted by molar-refractivity contribution is -0.904. The number of hydrogen-bond acceptors (Lipinski definition) is 4. The Kier molecular flexibility index (Phi) is 7.39. The molecule has 2 atom stereocenters. The fraction of sp³-hybridized carbons (Fsp3) is 0.773. The van der Waals surface area contributed by atoms with Crippen molar-refractivity contribution in [2.75, 3.05) is 30.3 Å². The summed E-state index contributed by atoms with van der Waals surface area (Å²) in [4.78, 5) is 44.0. The number of nitrogens with one attached hydrogen (secondary N) is 2. The van der Waals surface area contributed by atoms with Crippen LogP contribution in [0.2, 0.25) is 0 Å². The first-order chi connectivity index (χ1) is 14.3. The lowest BCUT2D eigenvalue weighted by Gasteiger charge is -2.34. The molecule has 2 aliphatic rings. The van der Waals surface area contributed by atoms with Crippen LogP contribution in [0.25, 0.3) is 0 Å². The molecule has 1 saturated heterocycles. The molecule has 8 heteroatoms. The van der Waals surface area contributed by atoms with E-state index in [0.29, 0.717) is 24.9 Å². The number of likely N-dealkylation sites (tertiary alicyclic amines) is 1. The number of piperidine rings is 1. The minimum absolute atomic E-state index is 0.0305. The van der Waals surface area contributed by atoms with Crippen LogP contribution in [0.1, 0.15) is 65.7 Å². The number of quaternary nitrogens is 1. The van der Waals surface area contributed by atoms with Crippen molar-refractivity contribution >= 4 is 17.4 Å². The summed E-state index contributed by atoms with van der Waals surface area (Å²) in [7, 11) is 0. The number of unbranched alkanes of at least 4 members (excludes halogenated alkanes) is 1. The summed E-state index contributed by atoms with van der Waals surface area (Å²) in [6.45, 7) is 9.24. The third-order valence-corrected chi connectivity index (χ3v) is 6.63. The van der Waals surface area contributed by atoms with Gasteiger partial charge in [-0.2, -0.15) is 0 Å². The molecule has 1 aromatic rings. The predicted octanol–water partition coefficient (Wildman–Crippen LogP) is 0.755. The third kappa shape index (κ3) is 4.96. The van der Waals surface area contributed by atoms with Crippen molar-refractivity contribution in [2.24, 2.45) is 11.8 Å². The van der Waals surface area contributed by atoms with Crippen molar-refractivity contribution in [2.45, 2.75) is 78.3 Å². The molecule has 0 bridgehead atoms. The molecule has 4 N–H and O–H groups in total. The van der Waals surface area contributed by atoms with Crippen molar-refractivity contribution in [3.63, 3.8) is 0 Å². The lowest BCUT2D eigenvalue weighted by Crippen LogP contribution is -3.15. The highest BCUT2D eigenvalue weighted by molar-refractivity contribution is 5.96. The Morgan fingerprint density at radius 2 is 1.83 bits per heavy atom. The van der Waals surface area contributed by atoms with Gasteiger partial charge in [0.25, 0.3) is 11.5 Å². The number of aromatic amines is 1. The first-order valence-corrected chi connectivity index (χ1v) is 11.6. The number of aromatic nitrogens is 2. The van der Waals surface area contributed by atoms with Crippen molar-refractivity contribution in [3.8, 4) is 0 Å². The van der Waals surface area contributed by atoms with Gasteiger partial charge in [0.15, 0.2) is 12.2 Å². The summed E-state index contributed by atoms with van der Waals surface area (Å²) in [5, 5.41) is 0. The average molecular weight is 421 g/mol. The van der Waals surface area contributed by atoms with Crippen LogP contribution < -0.4 is 26.8 Å². The number of anilines is 2. The number of nitrogens with zero attached hydrogens (tertiary/aromatic N) is 2. The Labute approximate surface area is 178 Å². The minimum Gasteiger partial charge on any atom is -0.383 e. The minimum atomic E-state index is -0.555. The molecule has 2 fully saturated rings. The predicted molar refractivity (Wildman–Crippen MR) is 119 cm³/mol. The average Bonchev–Trinajstić information content (AvgIpc) is 3.18. The fourth-order valence-corrected chi connectivity index (χ4v) is 5.39. The monoisotopic (exact) mass is 420 g/mol. The van der Waals surface area contributed by atoms with Crippen LogP contribution in [0.15, 0.2) is 9.59 Å². The molecule has 1 aromatic heterocycles. The second-order valence-corrected chi connectivity index (χ2v) is 9.48. The van der Waals surface area contributed by atoms with Gasteiger partial charge in [-0.05, 0) is 25.7 Å².